The average Bonchev–Trinajstić information content (AvgIpc) is 2.60. The fourth-order valence-corrected chi connectivity index (χ4v) is 2.75. The molecule has 0 saturated carbocycles. The lowest BCUT2D eigenvalue weighted by atomic mass is 10.1. The van der Waals surface area contributed by atoms with Crippen LogP contribution in [0.1, 0.15) is 21.5 Å². The minimum atomic E-state index is -4.51. The first-order chi connectivity index (χ1) is 13.4. The van der Waals surface area contributed by atoms with E-state index in [2.05, 4.69) is 16.0 Å². The zero-order valence-corrected chi connectivity index (χ0v) is 17.9. The van der Waals surface area contributed by atoms with Gasteiger partial charge >= 0.3 is 6.18 Å². The molecule has 11 heteroatoms. The summed E-state index contributed by atoms with van der Waals surface area (Å²) in [6, 6.07) is 11.1. The van der Waals surface area contributed by atoms with Gasteiger partial charge in [0, 0.05) is 11.3 Å². The minimum absolute atomic E-state index is 0.0743. The molecule has 0 aromatic heterocycles. The molecule has 0 fully saturated rings. The SMILES string of the molecule is Cc1ccc(C(=O)NC(NC(=S)Nc2cccc(C(F)(F)F)c2)C(Cl)(Cl)Cl)cc1. The van der Waals surface area contributed by atoms with Gasteiger partial charge in [-0.1, -0.05) is 58.6 Å². The van der Waals surface area contributed by atoms with Crippen LogP contribution in [0.2, 0.25) is 0 Å². The number of benzene rings is 2. The maximum absolute atomic E-state index is 12.8. The summed E-state index contributed by atoms with van der Waals surface area (Å²) < 4.78 is 36.5. The Bertz CT molecular complexity index is 886. The van der Waals surface area contributed by atoms with Crippen LogP contribution in [0.15, 0.2) is 48.5 Å². The van der Waals surface area contributed by atoms with Crippen LogP contribution in [0.25, 0.3) is 0 Å². The van der Waals surface area contributed by atoms with E-state index in [0.717, 1.165) is 17.7 Å². The lowest BCUT2D eigenvalue weighted by molar-refractivity contribution is -0.137. The molecule has 1 amide bonds. The number of hydrogen-bond donors (Lipinski definition) is 3. The molecule has 0 radical (unpaired) electrons. The molecule has 0 heterocycles. The highest BCUT2D eigenvalue weighted by atomic mass is 35.6. The monoisotopic (exact) mass is 483 g/mol. The van der Waals surface area contributed by atoms with Gasteiger partial charge in [0.1, 0.15) is 6.17 Å². The zero-order valence-electron chi connectivity index (χ0n) is 14.8. The predicted octanol–water partition coefficient (Wildman–Crippen LogP) is 5.43. The van der Waals surface area contributed by atoms with Crippen molar-refractivity contribution in [2.24, 2.45) is 0 Å². The highest BCUT2D eigenvalue weighted by Crippen LogP contribution is 2.31. The van der Waals surface area contributed by atoms with Gasteiger partial charge in [0.25, 0.3) is 5.91 Å². The molecule has 29 heavy (non-hydrogen) atoms. The third kappa shape index (κ3) is 7.22. The number of hydrogen-bond acceptors (Lipinski definition) is 2. The molecule has 0 aliphatic heterocycles. The Morgan fingerprint density at radius 3 is 2.21 bits per heavy atom. The van der Waals surface area contributed by atoms with Crippen molar-refractivity contribution < 1.29 is 18.0 Å². The quantitative estimate of drug-likeness (QED) is 0.308. The van der Waals surface area contributed by atoms with Crippen molar-refractivity contribution in [3.63, 3.8) is 0 Å². The summed E-state index contributed by atoms with van der Waals surface area (Å²) in [6.45, 7) is 1.87. The minimum Gasteiger partial charge on any atom is -0.339 e. The maximum Gasteiger partial charge on any atom is 0.416 e. The van der Waals surface area contributed by atoms with E-state index in [9.17, 15) is 18.0 Å². The summed E-state index contributed by atoms with van der Waals surface area (Å²) in [5, 5.41) is 7.50. The van der Waals surface area contributed by atoms with Crippen molar-refractivity contribution in [1.82, 2.24) is 10.6 Å². The largest absolute Gasteiger partial charge is 0.416 e. The van der Waals surface area contributed by atoms with Crippen LogP contribution in [0.5, 0.6) is 0 Å². The smallest absolute Gasteiger partial charge is 0.339 e. The number of alkyl halides is 6. The summed E-state index contributed by atoms with van der Waals surface area (Å²) in [5.41, 5.74) is 0.513. The molecule has 156 valence electrons. The molecule has 0 bridgehead atoms. The number of thiocarbonyl (C=S) groups is 1. The Labute approximate surface area is 185 Å². The van der Waals surface area contributed by atoms with Gasteiger partial charge in [-0.05, 0) is 49.5 Å². The van der Waals surface area contributed by atoms with Gasteiger partial charge in [0.05, 0.1) is 5.56 Å². The van der Waals surface area contributed by atoms with E-state index < -0.39 is 27.6 Å². The molecule has 2 rings (SSSR count). The molecule has 2 aromatic carbocycles. The number of halogens is 6. The summed E-state index contributed by atoms with van der Waals surface area (Å²) in [5.74, 6) is -0.532. The summed E-state index contributed by atoms with van der Waals surface area (Å²) in [4.78, 5) is 12.4. The van der Waals surface area contributed by atoms with Crippen LogP contribution in [0.4, 0.5) is 18.9 Å². The van der Waals surface area contributed by atoms with Crippen LogP contribution in [0.3, 0.4) is 0 Å². The maximum atomic E-state index is 12.8. The van der Waals surface area contributed by atoms with Crippen LogP contribution < -0.4 is 16.0 Å². The number of carbonyl (C=O) groups excluding carboxylic acids is 1. The van der Waals surface area contributed by atoms with E-state index in [1.54, 1.807) is 24.3 Å². The second-order valence-corrected chi connectivity index (χ2v) is 8.77. The third-order valence-corrected chi connectivity index (χ3v) is 4.51. The van der Waals surface area contributed by atoms with Crippen LogP contribution in [0, 0.1) is 6.92 Å². The Hall–Kier alpha value is -1.74. The predicted molar refractivity (Wildman–Crippen MR) is 114 cm³/mol. The Morgan fingerprint density at radius 1 is 1.03 bits per heavy atom. The first kappa shape index (κ1) is 23.5. The van der Waals surface area contributed by atoms with Crippen molar-refractivity contribution in [2.45, 2.75) is 23.1 Å². The number of anilines is 1. The van der Waals surface area contributed by atoms with E-state index in [1.165, 1.54) is 12.1 Å². The van der Waals surface area contributed by atoms with Crippen LogP contribution in [-0.2, 0) is 6.18 Å². The second kappa shape index (κ2) is 9.38. The molecule has 1 unspecified atom stereocenters. The van der Waals surface area contributed by atoms with Gasteiger partial charge in [0.15, 0.2) is 5.11 Å². The summed E-state index contributed by atoms with van der Waals surface area (Å²) >= 11 is 22.8. The van der Waals surface area contributed by atoms with Crippen molar-refractivity contribution in [1.29, 1.82) is 0 Å². The number of rotatable bonds is 4. The molecule has 3 N–H and O–H groups in total. The van der Waals surface area contributed by atoms with E-state index in [0.29, 0.717) is 5.56 Å². The van der Waals surface area contributed by atoms with Crippen LogP contribution >= 0.6 is 47.0 Å². The highest BCUT2D eigenvalue weighted by Gasteiger charge is 2.35. The van der Waals surface area contributed by atoms with Gasteiger partial charge < -0.3 is 16.0 Å². The fourth-order valence-electron chi connectivity index (χ4n) is 2.19. The average molecular weight is 485 g/mol. The normalized spacial score (nSPS) is 12.8. The zero-order chi connectivity index (χ0) is 21.8. The van der Waals surface area contributed by atoms with E-state index in [4.69, 9.17) is 47.0 Å². The molecule has 1 atom stereocenters. The lowest BCUT2D eigenvalue weighted by Crippen LogP contribution is -2.56. The Kier molecular flexibility index (Phi) is 7.62. The second-order valence-electron chi connectivity index (χ2n) is 5.99. The van der Waals surface area contributed by atoms with E-state index in [1.807, 2.05) is 6.92 Å². The fraction of sp³-hybridized carbons (Fsp3) is 0.222. The molecule has 4 nitrogen and oxygen atoms in total. The molecular weight excluding hydrogens is 470 g/mol. The van der Waals surface area contributed by atoms with Gasteiger partial charge in [0.2, 0.25) is 3.79 Å². The van der Waals surface area contributed by atoms with Gasteiger partial charge in [-0.3, -0.25) is 4.79 Å². The van der Waals surface area contributed by atoms with Crippen molar-refractivity contribution >= 4 is 63.7 Å². The number of amides is 1. The molecule has 0 aliphatic carbocycles. The topological polar surface area (TPSA) is 53.2 Å². The third-order valence-electron chi connectivity index (χ3n) is 3.64. The van der Waals surface area contributed by atoms with Crippen molar-refractivity contribution in [2.75, 3.05) is 5.32 Å². The number of carbonyl (C=O) groups is 1. The van der Waals surface area contributed by atoms with Gasteiger partial charge in [-0.15, -0.1) is 0 Å². The Balaban J connectivity index is 2.09. The molecule has 0 spiro atoms. The van der Waals surface area contributed by atoms with Crippen molar-refractivity contribution in [3.05, 3.63) is 65.2 Å². The molecular formula is C18H15Cl3F3N3OS. The lowest BCUT2D eigenvalue weighted by Gasteiger charge is -2.28. The highest BCUT2D eigenvalue weighted by molar-refractivity contribution is 7.80. The first-order valence-corrected chi connectivity index (χ1v) is 9.59. The standard InChI is InChI=1S/C18H15Cl3F3N3OS/c1-10-5-7-11(8-6-10)14(28)26-15(17(19,20)21)27-16(29)25-13-4-2-3-12(9-13)18(22,23)24/h2-9,15H,1H3,(H,26,28)(H2,25,27,29). The summed E-state index contributed by atoms with van der Waals surface area (Å²) in [6.07, 6.45) is -5.76. The van der Waals surface area contributed by atoms with E-state index >= 15 is 0 Å². The Morgan fingerprint density at radius 2 is 1.66 bits per heavy atom. The molecule has 2 aromatic rings. The van der Waals surface area contributed by atoms with Crippen LogP contribution in [-0.4, -0.2) is 21.0 Å². The number of nitrogens with one attached hydrogen (secondary N) is 3. The number of aryl methyl sites for hydroxylation is 1. The van der Waals surface area contributed by atoms with Gasteiger partial charge in [-0.2, -0.15) is 13.2 Å². The first-order valence-electron chi connectivity index (χ1n) is 8.05. The van der Waals surface area contributed by atoms with Crippen molar-refractivity contribution in [3.8, 4) is 0 Å². The molecule has 0 saturated heterocycles. The van der Waals surface area contributed by atoms with Gasteiger partial charge in [-0.25, -0.2) is 0 Å². The molecule has 0 aliphatic rings. The summed E-state index contributed by atoms with van der Waals surface area (Å²) in [7, 11) is 0. The van der Waals surface area contributed by atoms with E-state index in [-0.39, 0.29) is 10.8 Å².